The van der Waals surface area contributed by atoms with Crippen LogP contribution in [0.25, 0.3) is 0 Å². The Bertz CT molecular complexity index is 514. The van der Waals surface area contributed by atoms with Gasteiger partial charge in [-0.2, -0.15) is 13.2 Å². The molecule has 0 aliphatic heterocycles. The predicted molar refractivity (Wildman–Crippen MR) is 69.6 cm³/mol. The second-order valence-corrected chi connectivity index (χ2v) is 4.68. The summed E-state index contributed by atoms with van der Waals surface area (Å²) in [5.41, 5.74) is -0.229. The molecule has 0 radical (unpaired) electrons. The molecule has 0 unspecified atom stereocenters. The Morgan fingerprint density at radius 2 is 2.00 bits per heavy atom. The minimum atomic E-state index is -4.38. The maximum absolute atomic E-state index is 12.5. The SMILES string of the molecule is C[C@H](NC(=O)CCCc1cccc(C(F)(F)F)c1)C(=O)O. The van der Waals surface area contributed by atoms with Gasteiger partial charge in [-0.15, -0.1) is 0 Å². The molecule has 0 aliphatic rings. The lowest BCUT2D eigenvalue weighted by Crippen LogP contribution is -2.38. The average molecular weight is 303 g/mol. The first-order valence-electron chi connectivity index (χ1n) is 6.38. The first-order valence-corrected chi connectivity index (χ1v) is 6.38. The molecule has 21 heavy (non-hydrogen) atoms. The number of rotatable bonds is 6. The maximum atomic E-state index is 12.5. The number of carbonyl (C=O) groups is 2. The molecular formula is C14H16F3NO3. The van der Waals surface area contributed by atoms with Gasteiger partial charge in [0.15, 0.2) is 0 Å². The van der Waals surface area contributed by atoms with Gasteiger partial charge in [0.25, 0.3) is 0 Å². The Labute approximate surface area is 120 Å². The van der Waals surface area contributed by atoms with E-state index in [4.69, 9.17) is 5.11 Å². The van der Waals surface area contributed by atoms with Crippen molar-refractivity contribution in [1.82, 2.24) is 5.32 Å². The van der Waals surface area contributed by atoms with Crippen LogP contribution in [0.5, 0.6) is 0 Å². The van der Waals surface area contributed by atoms with Crippen molar-refractivity contribution in [3.05, 3.63) is 35.4 Å². The molecule has 1 aromatic rings. The van der Waals surface area contributed by atoms with Gasteiger partial charge in [-0.25, -0.2) is 0 Å². The highest BCUT2D eigenvalue weighted by Gasteiger charge is 2.30. The summed E-state index contributed by atoms with van der Waals surface area (Å²) in [6.45, 7) is 1.34. The van der Waals surface area contributed by atoms with Gasteiger partial charge in [-0.1, -0.05) is 18.2 Å². The topological polar surface area (TPSA) is 66.4 Å². The summed E-state index contributed by atoms with van der Waals surface area (Å²) in [7, 11) is 0. The molecule has 1 atom stereocenters. The Balaban J connectivity index is 2.46. The zero-order valence-electron chi connectivity index (χ0n) is 11.4. The summed E-state index contributed by atoms with van der Waals surface area (Å²) in [5.74, 6) is -1.57. The van der Waals surface area contributed by atoms with Crippen molar-refractivity contribution >= 4 is 11.9 Å². The van der Waals surface area contributed by atoms with Crippen LogP contribution in [-0.2, 0) is 22.2 Å². The molecular weight excluding hydrogens is 287 g/mol. The highest BCUT2D eigenvalue weighted by molar-refractivity contribution is 5.83. The number of carbonyl (C=O) groups excluding carboxylic acids is 1. The molecule has 0 saturated heterocycles. The number of carboxylic acid groups (broad SMARTS) is 1. The monoisotopic (exact) mass is 303 g/mol. The summed E-state index contributed by atoms with van der Waals surface area (Å²) < 4.78 is 37.6. The molecule has 0 bridgehead atoms. The predicted octanol–water partition coefficient (Wildman–Crippen LogP) is 2.62. The van der Waals surface area contributed by atoms with E-state index >= 15 is 0 Å². The van der Waals surface area contributed by atoms with Gasteiger partial charge >= 0.3 is 12.1 Å². The molecule has 1 amide bonds. The minimum Gasteiger partial charge on any atom is -0.480 e. The number of nitrogens with one attached hydrogen (secondary N) is 1. The van der Waals surface area contributed by atoms with Crippen LogP contribution in [0.1, 0.15) is 30.9 Å². The molecule has 0 saturated carbocycles. The fourth-order valence-corrected chi connectivity index (χ4v) is 1.73. The average Bonchev–Trinajstić information content (AvgIpc) is 2.37. The molecule has 2 N–H and O–H groups in total. The van der Waals surface area contributed by atoms with E-state index in [9.17, 15) is 22.8 Å². The first-order chi connectivity index (χ1) is 9.70. The number of amides is 1. The van der Waals surface area contributed by atoms with Gasteiger partial charge in [-0.3, -0.25) is 9.59 Å². The number of hydrogen-bond donors (Lipinski definition) is 2. The normalized spacial score (nSPS) is 12.8. The Kier molecular flexibility index (Phi) is 5.75. The second kappa shape index (κ2) is 7.10. The van der Waals surface area contributed by atoms with Gasteiger partial charge in [0, 0.05) is 6.42 Å². The van der Waals surface area contributed by atoms with Crippen molar-refractivity contribution in [3.63, 3.8) is 0 Å². The Morgan fingerprint density at radius 3 is 2.57 bits per heavy atom. The molecule has 4 nitrogen and oxygen atoms in total. The quantitative estimate of drug-likeness (QED) is 0.849. The molecule has 1 aromatic carbocycles. The highest BCUT2D eigenvalue weighted by Crippen LogP contribution is 2.29. The molecule has 116 valence electrons. The number of aliphatic carboxylic acids is 1. The van der Waals surface area contributed by atoms with Crippen molar-refractivity contribution < 1.29 is 27.9 Å². The third kappa shape index (κ3) is 5.85. The molecule has 7 heteroatoms. The largest absolute Gasteiger partial charge is 0.480 e. The molecule has 0 aromatic heterocycles. The molecule has 0 aliphatic carbocycles. The van der Waals surface area contributed by atoms with E-state index in [1.807, 2.05) is 0 Å². The van der Waals surface area contributed by atoms with Gasteiger partial charge < -0.3 is 10.4 Å². The second-order valence-electron chi connectivity index (χ2n) is 4.68. The number of benzene rings is 1. The molecule has 1 rings (SSSR count). The fourth-order valence-electron chi connectivity index (χ4n) is 1.73. The van der Waals surface area contributed by atoms with Crippen LogP contribution in [0, 0.1) is 0 Å². The van der Waals surface area contributed by atoms with Crippen molar-refractivity contribution in [3.8, 4) is 0 Å². The Hall–Kier alpha value is -2.05. The van der Waals surface area contributed by atoms with Gasteiger partial charge in [0.05, 0.1) is 5.56 Å². The lowest BCUT2D eigenvalue weighted by molar-refractivity contribution is -0.141. The summed E-state index contributed by atoms with van der Waals surface area (Å²) in [6.07, 6.45) is -3.66. The van der Waals surface area contributed by atoms with Crippen LogP contribution in [0.3, 0.4) is 0 Å². The molecule has 0 spiro atoms. The van der Waals surface area contributed by atoms with Crippen molar-refractivity contribution in [2.75, 3.05) is 0 Å². The van der Waals surface area contributed by atoms with Crippen molar-refractivity contribution in [2.24, 2.45) is 0 Å². The number of hydrogen-bond acceptors (Lipinski definition) is 2. The third-order valence-corrected chi connectivity index (χ3v) is 2.87. The third-order valence-electron chi connectivity index (χ3n) is 2.87. The van der Waals surface area contributed by atoms with Gasteiger partial charge in [-0.05, 0) is 31.4 Å². The first kappa shape index (κ1) is 17.0. The lowest BCUT2D eigenvalue weighted by Gasteiger charge is -2.10. The number of carboxylic acids is 1. The van der Waals surface area contributed by atoms with Crippen LogP contribution in [-0.4, -0.2) is 23.0 Å². The van der Waals surface area contributed by atoms with E-state index in [-0.39, 0.29) is 6.42 Å². The van der Waals surface area contributed by atoms with Crippen molar-refractivity contribution in [2.45, 2.75) is 38.4 Å². The smallest absolute Gasteiger partial charge is 0.416 e. The summed E-state index contributed by atoms with van der Waals surface area (Å²) in [6, 6.07) is 3.95. The zero-order chi connectivity index (χ0) is 16.0. The van der Waals surface area contributed by atoms with Crippen LogP contribution >= 0.6 is 0 Å². The summed E-state index contributed by atoms with van der Waals surface area (Å²) >= 11 is 0. The number of halogens is 3. The highest BCUT2D eigenvalue weighted by atomic mass is 19.4. The minimum absolute atomic E-state index is 0.0634. The van der Waals surface area contributed by atoms with Crippen LogP contribution in [0.15, 0.2) is 24.3 Å². The summed E-state index contributed by atoms with van der Waals surface area (Å²) in [5, 5.41) is 10.9. The molecule has 0 heterocycles. The lowest BCUT2D eigenvalue weighted by atomic mass is 10.0. The number of aryl methyl sites for hydroxylation is 1. The van der Waals surface area contributed by atoms with E-state index in [0.29, 0.717) is 18.4 Å². The van der Waals surface area contributed by atoms with Gasteiger partial charge in [0.2, 0.25) is 5.91 Å². The van der Waals surface area contributed by atoms with Gasteiger partial charge in [0.1, 0.15) is 6.04 Å². The Morgan fingerprint density at radius 1 is 1.33 bits per heavy atom. The van der Waals surface area contributed by atoms with E-state index in [2.05, 4.69) is 5.32 Å². The maximum Gasteiger partial charge on any atom is 0.416 e. The van der Waals surface area contributed by atoms with Crippen LogP contribution in [0.4, 0.5) is 13.2 Å². The zero-order valence-corrected chi connectivity index (χ0v) is 11.4. The van der Waals surface area contributed by atoms with E-state index in [1.165, 1.54) is 13.0 Å². The standard InChI is InChI=1S/C14H16F3NO3/c1-9(13(20)21)18-12(19)7-3-5-10-4-2-6-11(8-10)14(15,16)17/h2,4,6,8-9H,3,5,7H2,1H3,(H,18,19)(H,20,21)/t9-/m0/s1. The van der Waals surface area contributed by atoms with E-state index < -0.39 is 29.7 Å². The fraction of sp³-hybridized carbons (Fsp3) is 0.429. The van der Waals surface area contributed by atoms with Crippen molar-refractivity contribution in [1.29, 1.82) is 0 Å². The summed E-state index contributed by atoms with van der Waals surface area (Å²) in [4.78, 5) is 22.0. The van der Waals surface area contributed by atoms with E-state index in [1.54, 1.807) is 6.07 Å². The molecule has 0 fully saturated rings. The van der Waals surface area contributed by atoms with Crippen LogP contribution in [0.2, 0.25) is 0 Å². The van der Waals surface area contributed by atoms with Crippen LogP contribution < -0.4 is 5.32 Å². The van der Waals surface area contributed by atoms with E-state index in [0.717, 1.165) is 12.1 Å². The number of alkyl halides is 3.